The number of carbonyl (C=O) groups is 2. The summed E-state index contributed by atoms with van der Waals surface area (Å²) in [5.74, 6) is -0.914. The lowest BCUT2D eigenvalue weighted by molar-refractivity contribution is -0.139. The molecule has 0 bridgehead atoms. The van der Waals surface area contributed by atoms with Gasteiger partial charge in [0.1, 0.15) is 6.04 Å². The first-order valence-electron chi connectivity index (χ1n) is 6.05. The maximum absolute atomic E-state index is 11.3. The number of benzene rings is 1. The lowest BCUT2D eigenvalue weighted by atomic mass is 10.0. The van der Waals surface area contributed by atoms with Crippen LogP contribution in [0.3, 0.4) is 0 Å². The summed E-state index contributed by atoms with van der Waals surface area (Å²) in [7, 11) is 0. The van der Waals surface area contributed by atoms with Crippen LogP contribution >= 0.6 is 0 Å². The van der Waals surface area contributed by atoms with E-state index < -0.39 is 12.0 Å². The van der Waals surface area contributed by atoms with E-state index in [1.807, 2.05) is 0 Å². The highest BCUT2D eigenvalue weighted by molar-refractivity contribution is 5.99. The third kappa shape index (κ3) is 2.09. The number of hydrogen-bond donors (Lipinski definition) is 3. The molecule has 1 aliphatic carbocycles. The molecule has 1 saturated carbocycles. The molecule has 18 heavy (non-hydrogen) atoms. The van der Waals surface area contributed by atoms with Gasteiger partial charge < -0.3 is 10.4 Å². The molecule has 2 aliphatic rings. The molecule has 3 rings (SSSR count). The Labute approximate surface area is 104 Å². The zero-order valence-corrected chi connectivity index (χ0v) is 9.77. The van der Waals surface area contributed by atoms with Gasteiger partial charge in [-0.25, -0.2) is 0 Å². The lowest BCUT2D eigenvalue weighted by Gasteiger charge is -2.15. The normalized spacial score (nSPS) is 19.2. The van der Waals surface area contributed by atoms with Crippen molar-refractivity contribution in [2.75, 3.05) is 5.32 Å². The Kier molecular flexibility index (Phi) is 2.56. The zero-order chi connectivity index (χ0) is 12.7. The number of carbonyl (C=O) groups excluding carboxylic acids is 1. The van der Waals surface area contributed by atoms with E-state index in [1.165, 1.54) is 0 Å². The average Bonchev–Trinajstić information content (AvgIpc) is 3.05. The number of carboxylic acid groups (broad SMARTS) is 1. The molecule has 0 aromatic heterocycles. The van der Waals surface area contributed by atoms with E-state index in [1.54, 1.807) is 18.2 Å². The topological polar surface area (TPSA) is 78.4 Å². The SMILES string of the molecule is O=C1Cc2cc(C(NC3CC3)C(=O)O)ccc2N1. The fourth-order valence-electron chi connectivity index (χ4n) is 2.22. The van der Waals surface area contributed by atoms with Crippen LogP contribution in [0.4, 0.5) is 5.69 Å². The Balaban J connectivity index is 1.88. The highest BCUT2D eigenvalue weighted by atomic mass is 16.4. The lowest BCUT2D eigenvalue weighted by Crippen LogP contribution is -2.30. The van der Waals surface area contributed by atoms with Crippen LogP contribution in [-0.2, 0) is 16.0 Å². The van der Waals surface area contributed by atoms with E-state index in [0.717, 1.165) is 24.1 Å². The van der Waals surface area contributed by atoms with E-state index in [9.17, 15) is 14.7 Å². The second kappa shape index (κ2) is 4.10. The van der Waals surface area contributed by atoms with E-state index in [4.69, 9.17) is 0 Å². The van der Waals surface area contributed by atoms with Gasteiger partial charge >= 0.3 is 5.97 Å². The number of carboxylic acids is 1. The molecule has 0 radical (unpaired) electrons. The van der Waals surface area contributed by atoms with Crippen molar-refractivity contribution >= 4 is 17.6 Å². The molecule has 1 atom stereocenters. The molecule has 5 nitrogen and oxygen atoms in total. The number of anilines is 1. The average molecular weight is 246 g/mol. The third-order valence-corrected chi connectivity index (χ3v) is 3.31. The van der Waals surface area contributed by atoms with Crippen molar-refractivity contribution in [3.63, 3.8) is 0 Å². The fourth-order valence-corrected chi connectivity index (χ4v) is 2.22. The first kappa shape index (κ1) is 11.2. The summed E-state index contributed by atoms with van der Waals surface area (Å²) in [6, 6.07) is 4.98. The molecule has 94 valence electrons. The highest BCUT2D eigenvalue weighted by Crippen LogP contribution is 2.29. The smallest absolute Gasteiger partial charge is 0.325 e. The zero-order valence-electron chi connectivity index (χ0n) is 9.77. The summed E-state index contributed by atoms with van der Waals surface area (Å²) in [5, 5.41) is 15.1. The van der Waals surface area contributed by atoms with Gasteiger partial charge in [0.2, 0.25) is 5.91 Å². The Hall–Kier alpha value is -1.88. The molecule has 5 heteroatoms. The van der Waals surface area contributed by atoms with Crippen LogP contribution in [-0.4, -0.2) is 23.0 Å². The monoisotopic (exact) mass is 246 g/mol. The van der Waals surface area contributed by atoms with Crippen molar-refractivity contribution in [3.05, 3.63) is 29.3 Å². The number of amides is 1. The van der Waals surface area contributed by atoms with Crippen molar-refractivity contribution in [1.29, 1.82) is 0 Å². The number of aliphatic carboxylic acids is 1. The summed E-state index contributed by atoms with van der Waals surface area (Å²) < 4.78 is 0. The van der Waals surface area contributed by atoms with E-state index >= 15 is 0 Å². The second-order valence-electron chi connectivity index (χ2n) is 4.85. The minimum absolute atomic E-state index is 0.0378. The standard InChI is InChI=1S/C13H14N2O3/c16-11-6-8-5-7(1-4-10(8)15-11)12(13(17)18)14-9-2-3-9/h1,4-5,9,12,14H,2-3,6H2,(H,15,16)(H,17,18). The van der Waals surface area contributed by atoms with Crippen LogP contribution in [0, 0.1) is 0 Å². The van der Waals surface area contributed by atoms with E-state index in [-0.39, 0.29) is 5.91 Å². The van der Waals surface area contributed by atoms with Gasteiger partial charge in [0.05, 0.1) is 6.42 Å². The first-order valence-corrected chi connectivity index (χ1v) is 6.05. The summed E-state index contributed by atoms with van der Waals surface area (Å²) in [6.07, 6.45) is 2.41. The largest absolute Gasteiger partial charge is 0.480 e. The molecule has 1 amide bonds. The molecular formula is C13H14N2O3. The van der Waals surface area contributed by atoms with Crippen molar-refractivity contribution in [3.8, 4) is 0 Å². The quantitative estimate of drug-likeness (QED) is 0.742. The summed E-state index contributed by atoms with van der Waals surface area (Å²) >= 11 is 0. The van der Waals surface area contributed by atoms with Gasteiger partial charge in [-0.2, -0.15) is 0 Å². The van der Waals surface area contributed by atoms with Crippen LogP contribution in [0.25, 0.3) is 0 Å². The minimum Gasteiger partial charge on any atom is -0.480 e. The molecule has 1 aromatic carbocycles. The molecular weight excluding hydrogens is 232 g/mol. The predicted molar refractivity (Wildman–Crippen MR) is 65.3 cm³/mol. The second-order valence-corrected chi connectivity index (χ2v) is 4.85. The molecule has 3 N–H and O–H groups in total. The molecule has 1 heterocycles. The number of rotatable bonds is 4. The van der Waals surface area contributed by atoms with Crippen molar-refractivity contribution < 1.29 is 14.7 Å². The molecule has 1 fully saturated rings. The fraction of sp³-hybridized carbons (Fsp3) is 0.385. The highest BCUT2D eigenvalue weighted by Gasteiger charge is 2.30. The van der Waals surface area contributed by atoms with E-state index in [0.29, 0.717) is 18.0 Å². The van der Waals surface area contributed by atoms with E-state index in [2.05, 4.69) is 10.6 Å². The summed E-state index contributed by atoms with van der Waals surface area (Å²) in [6.45, 7) is 0. The number of fused-ring (bicyclic) bond motifs is 1. The van der Waals surface area contributed by atoms with Gasteiger partial charge in [0.15, 0.2) is 0 Å². The van der Waals surface area contributed by atoms with Gasteiger partial charge in [-0.15, -0.1) is 0 Å². The molecule has 0 spiro atoms. The summed E-state index contributed by atoms with van der Waals surface area (Å²) in [5.41, 5.74) is 2.38. The van der Waals surface area contributed by atoms with Gasteiger partial charge in [0.25, 0.3) is 0 Å². The van der Waals surface area contributed by atoms with Gasteiger partial charge in [-0.1, -0.05) is 12.1 Å². The Morgan fingerprint density at radius 1 is 1.44 bits per heavy atom. The molecule has 1 aliphatic heterocycles. The number of nitrogens with one attached hydrogen (secondary N) is 2. The molecule has 0 saturated heterocycles. The van der Waals surface area contributed by atoms with Gasteiger partial charge in [0, 0.05) is 11.7 Å². The summed E-state index contributed by atoms with van der Waals surface area (Å²) in [4.78, 5) is 22.5. The maximum Gasteiger partial charge on any atom is 0.325 e. The maximum atomic E-state index is 11.3. The Morgan fingerprint density at radius 2 is 2.22 bits per heavy atom. The molecule has 1 aromatic rings. The molecule has 1 unspecified atom stereocenters. The third-order valence-electron chi connectivity index (χ3n) is 3.31. The Bertz CT molecular complexity index is 523. The first-order chi connectivity index (χ1) is 8.63. The van der Waals surface area contributed by atoms with Crippen molar-refractivity contribution in [2.45, 2.75) is 31.3 Å². The van der Waals surface area contributed by atoms with Crippen molar-refractivity contribution in [2.24, 2.45) is 0 Å². The van der Waals surface area contributed by atoms with Crippen LogP contribution in [0.15, 0.2) is 18.2 Å². The van der Waals surface area contributed by atoms with Crippen molar-refractivity contribution in [1.82, 2.24) is 5.32 Å². The number of hydrogen-bond acceptors (Lipinski definition) is 3. The minimum atomic E-state index is -0.876. The van der Waals surface area contributed by atoms with Gasteiger partial charge in [-0.3, -0.25) is 14.9 Å². The Morgan fingerprint density at radius 3 is 2.89 bits per heavy atom. The van der Waals surface area contributed by atoms with Crippen LogP contribution in [0.1, 0.15) is 30.0 Å². The van der Waals surface area contributed by atoms with Gasteiger partial charge in [-0.05, 0) is 30.0 Å². The van der Waals surface area contributed by atoms with Crippen LogP contribution in [0.2, 0.25) is 0 Å². The van der Waals surface area contributed by atoms with Crippen LogP contribution in [0.5, 0.6) is 0 Å². The van der Waals surface area contributed by atoms with Crippen LogP contribution < -0.4 is 10.6 Å². The predicted octanol–water partition coefficient (Wildman–Crippen LogP) is 1.06.